The Hall–Kier alpha value is -1.59. The predicted octanol–water partition coefficient (Wildman–Crippen LogP) is 0.0862. The van der Waals surface area contributed by atoms with Crippen molar-refractivity contribution in [2.24, 2.45) is 10.9 Å². The Kier molecular flexibility index (Phi) is 2.93. The lowest BCUT2D eigenvalue weighted by atomic mass is 9.99. The Labute approximate surface area is 107 Å². The summed E-state index contributed by atoms with van der Waals surface area (Å²) < 4.78 is 2.24. The SMILES string of the molecule is Cc1nnc2n1CC(CNC1=NCC(C)N1)CC2. The summed E-state index contributed by atoms with van der Waals surface area (Å²) in [6, 6.07) is 0.463. The zero-order chi connectivity index (χ0) is 12.5. The highest BCUT2D eigenvalue weighted by Gasteiger charge is 2.22. The summed E-state index contributed by atoms with van der Waals surface area (Å²) in [7, 11) is 0. The molecule has 0 spiro atoms. The molecule has 0 bridgehead atoms. The maximum Gasteiger partial charge on any atom is 0.191 e. The third-order valence-corrected chi connectivity index (χ3v) is 3.69. The largest absolute Gasteiger partial charge is 0.356 e. The van der Waals surface area contributed by atoms with Crippen molar-refractivity contribution in [2.45, 2.75) is 39.3 Å². The van der Waals surface area contributed by atoms with E-state index in [4.69, 9.17) is 0 Å². The van der Waals surface area contributed by atoms with Crippen LogP contribution in [0.15, 0.2) is 4.99 Å². The number of aromatic nitrogens is 3. The fourth-order valence-electron chi connectivity index (χ4n) is 2.60. The van der Waals surface area contributed by atoms with E-state index in [9.17, 15) is 0 Å². The minimum atomic E-state index is 0.463. The molecule has 0 amide bonds. The van der Waals surface area contributed by atoms with E-state index in [0.29, 0.717) is 12.0 Å². The van der Waals surface area contributed by atoms with Crippen LogP contribution in [0.5, 0.6) is 0 Å². The van der Waals surface area contributed by atoms with Gasteiger partial charge in [0.25, 0.3) is 0 Å². The van der Waals surface area contributed by atoms with Crippen LogP contribution in [0.1, 0.15) is 25.0 Å². The lowest BCUT2D eigenvalue weighted by Crippen LogP contribution is -2.41. The summed E-state index contributed by atoms with van der Waals surface area (Å²) in [5, 5.41) is 15.1. The van der Waals surface area contributed by atoms with Gasteiger partial charge in [-0.3, -0.25) is 4.99 Å². The Bertz CT molecular complexity index is 463. The molecule has 0 saturated carbocycles. The van der Waals surface area contributed by atoms with Crippen LogP contribution in [0, 0.1) is 12.8 Å². The average molecular weight is 248 g/mol. The molecule has 6 heteroatoms. The molecular weight excluding hydrogens is 228 g/mol. The predicted molar refractivity (Wildman–Crippen MR) is 69.5 cm³/mol. The fraction of sp³-hybridized carbons (Fsp3) is 0.750. The molecule has 2 atom stereocenters. The standard InChI is InChI=1S/C12H20N6/c1-8-5-13-12(15-8)14-6-10-3-4-11-17-16-9(2)18(11)7-10/h8,10H,3-7H2,1-2H3,(H2,13,14,15). The molecule has 0 aromatic carbocycles. The van der Waals surface area contributed by atoms with E-state index in [0.717, 1.165) is 43.7 Å². The second-order valence-electron chi connectivity index (χ2n) is 5.29. The van der Waals surface area contributed by atoms with Crippen molar-refractivity contribution in [2.75, 3.05) is 13.1 Å². The summed E-state index contributed by atoms with van der Waals surface area (Å²) in [5.41, 5.74) is 0. The first-order chi connectivity index (χ1) is 8.72. The van der Waals surface area contributed by atoms with Crippen molar-refractivity contribution >= 4 is 5.96 Å². The molecule has 1 aromatic rings. The number of hydrogen-bond acceptors (Lipinski definition) is 5. The van der Waals surface area contributed by atoms with Crippen LogP contribution in [-0.4, -0.2) is 39.9 Å². The van der Waals surface area contributed by atoms with E-state index in [2.05, 4.69) is 37.3 Å². The molecular formula is C12H20N6. The number of aliphatic imine (C=N–C) groups is 1. The molecule has 6 nitrogen and oxygen atoms in total. The van der Waals surface area contributed by atoms with Gasteiger partial charge in [-0.25, -0.2) is 0 Å². The summed E-state index contributed by atoms with van der Waals surface area (Å²) in [5.74, 6) is 3.75. The first-order valence-electron chi connectivity index (χ1n) is 6.66. The molecule has 2 N–H and O–H groups in total. The van der Waals surface area contributed by atoms with Gasteiger partial charge in [-0.05, 0) is 26.2 Å². The van der Waals surface area contributed by atoms with Crippen molar-refractivity contribution in [1.29, 1.82) is 0 Å². The van der Waals surface area contributed by atoms with Gasteiger partial charge in [0.05, 0.1) is 6.54 Å². The average Bonchev–Trinajstić information content (AvgIpc) is 2.94. The molecule has 2 aliphatic heterocycles. The van der Waals surface area contributed by atoms with Crippen LogP contribution in [0.2, 0.25) is 0 Å². The van der Waals surface area contributed by atoms with Crippen molar-refractivity contribution in [3.63, 3.8) is 0 Å². The molecule has 2 unspecified atom stereocenters. The summed E-state index contributed by atoms with van der Waals surface area (Å²) in [6.45, 7) is 7.03. The molecule has 3 heterocycles. The molecule has 1 aromatic heterocycles. The Balaban J connectivity index is 1.55. The topological polar surface area (TPSA) is 67.1 Å². The zero-order valence-corrected chi connectivity index (χ0v) is 11.0. The minimum absolute atomic E-state index is 0.463. The van der Waals surface area contributed by atoms with Crippen molar-refractivity contribution in [3.8, 4) is 0 Å². The van der Waals surface area contributed by atoms with E-state index < -0.39 is 0 Å². The van der Waals surface area contributed by atoms with Crippen LogP contribution in [0.3, 0.4) is 0 Å². The van der Waals surface area contributed by atoms with E-state index in [1.54, 1.807) is 0 Å². The maximum absolute atomic E-state index is 4.42. The van der Waals surface area contributed by atoms with Gasteiger partial charge in [0, 0.05) is 25.6 Å². The van der Waals surface area contributed by atoms with Crippen LogP contribution in [0.4, 0.5) is 0 Å². The maximum atomic E-state index is 4.42. The van der Waals surface area contributed by atoms with Gasteiger partial charge in [0.1, 0.15) is 11.6 Å². The van der Waals surface area contributed by atoms with Gasteiger partial charge in [0.15, 0.2) is 5.96 Å². The second kappa shape index (κ2) is 4.59. The number of nitrogens with zero attached hydrogens (tertiary/aromatic N) is 4. The van der Waals surface area contributed by atoms with Crippen LogP contribution >= 0.6 is 0 Å². The van der Waals surface area contributed by atoms with E-state index in [1.807, 2.05) is 6.92 Å². The number of guanidine groups is 1. The summed E-state index contributed by atoms with van der Waals surface area (Å²) in [4.78, 5) is 4.42. The van der Waals surface area contributed by atoms with E-state index >= 15 is 0 Å². The van der Waals surface area contributed by atoms with Gasteiger partial charge < -0.3 is 15.2 Å². The van der Waals surface area contributed by atoms with Gasteiger partial charge in [0.2, 0.25) is 0 Å². The molecule has 98 valence electrons. The molecule has 0 saturated heterocycles. The van der Waals surface area contributed by atoms with Gasteiger partial charge in [-0.1, -0.05) is 0 Å². The molecule has 0 radical (unpaired) electrons. The summed E-state index contributed by atoms with van der Waals surface area (Å²) in [6.07, 6.45) is 2.21. The quantitative estimate of drug-likeness (QED) is 0.778. The van der Waals surface area contributed by atoms with Gasteiger partial charge in [-0.2, -0.15) is 0 Å². The smallest absolute Gasteiger partial charge is 0.191 e. The Morgan fingerprint density at radius 2 is 2.33 bits per heavy atom. The van der Waals surface area contributed by atoms with Crippen molar-refractivity contribution in [3.05, 3.63) is 11.6 Å². The molecule has 0 aliphatic carbocycles. The third kappa shape index (κ3) is 2.19. The number of rotatable bonds is 2. The molecule has 18 heavy (non-hydrogen) atoms. The molecule has 2 aliphatic rings. The Morgan fingerprint density at radius 3 is 3.11 bits per heavy atom. The molecule has 0 fully saturated rings. The second-order valence-corrected chi connectivity index (χ2v) is 5.29. The number of hydrogen-bond donors (Lipinski definition) is 2. The monoisotopic (exact) mass is 248 g/mol. The number of fused-ring (bicyclic) bond motifs is 1. The number of nitrogens with one attached hydrogen (secondary N) is 2. The summed E-state index contributed by atoms with van der Waals surface area (Å²) >= 11 is 0. The highest BCUT2D eigenvalue weighted by Crippen LogP contribution is 2.19. The van der Waals surface area contributed by atoms with Crippen molar-refractivity contribution in [1.82, 2.24) is 25.4 Å². The first kappa shape index (κ1) is 11.5. The van der Waals surface area contributed by atoms with Gasteiger partial charge >= 0.3 is 0 Å². The highest BCUT2D eigenvalue weighted by molar-refractivity contribution is 5.81. The van der Waals surface area contributed by atoms with E-state index in [-0.39, 0.29) is 0 Å². The molecule has 3 rings (SSSR count). The van der Waals surface area contributed by atoms with Crippen LogP contribution in [0.25, 0.3) is 0 Å². The Morgan fingerprint density at radius 1 is 1.44 bits per heavy atom. The first-order valence-corrected chi connectivity index (χ1v) is 6.66. The lowest BCUT2D eigenvalue weighted by molar-refractivity contribution is 0.359. The zero-order valence-electron chi connectivity index (χ0n) is 11.0. The van der Waals surface area contributed by atoms with Crippen molar-refractivity contribution < 1.29 is 0 Å². The van der Waals surface area contributed by atoms with Crippen LogP contribution < -0.4 is 10.6 Å². The highest BCUT2D eigenvalue weighted by atomic mass is 15.3. The van der Waals surface area contributed by atoms with E-state index in [1.165, 1.54) is 6.42 Å². The fourth-order valence-corrected chi connectivity index (χ4v) is 2.60. The lowest BCUT2D eigenvalue weighted by Gasteiger charge is -2.24. The minimum Gasteiger partial charge on any atom is -0.356 e. The van der Waals surface area contributed by atoms with Gasteiger partial charge in [-0.15, -0.1) is 10.2 Å². The third-order valence-electron chi connectivity index (χ3n) is 3.69. The number of aryl methyl sites for hydroxylation is 2. The normalized spacial score (nSPS) is 26.4. The van der Waals surface area contributed by atoms with Crippen LogP contribution in [-0.2, 0) is 13.0 Å².